The van der Waals surface area contributed by atoms with Crippen molar-refractivity contribution in [2.45, 2.75) is 44.6 Å². The summed E-state index contributed by atoms with van der Waals surface area (Å²) in [4.78, 5) is 6.96. The molecule has 2 fully saturated rings. The smallest absolute Gasteiger partial charge is 0.193 e. The lowest BCUT2D eigenvalue weighted by atomic mass is 10.1. The van der Waals surface area contributed by atoms with E-state index < -0.39 is 0 Å². The van der Waals surface area contributed by atoms with Crippen LogP contribution in [0.1, 0.15) is 37.9 Å². The van der Waals surface area contributed by atoms with Crippen LogP contribution in [0, 0.1) is 5.92 Å². The van der Waals surface area contributed by atoms with Crippen molar-refractivity contribution in [1.29, 1.82) is 0 Å². The Morgan fingerprint density at radius 3 is 3.00 bits per heavy atom. The Balaban J connectivity index is 1.44. The van der Waals surface area contributed by atoms with Crippen molar-refractivity contribution in [3.63, 3.8) is 0 Å². The molecule has 1 saturated heterocycles. The highest BCUT2D eigenvalue weighted by Crippen LogP contribution is 2.28. The lowest BCUT2D eigenvalue weighted by molar-refractivity contribution is 0.0223. The number of hydrogen-bond donors (Lipinski definition) is 1. The number of hydrogen-bond acceptors (Lipinski definition) is 4. The first-order chi connectivity index (χ1) is 12.8. The number of likely N-dealkylation sites (N-methyl/N-ethyl adjacent to an activating group) is 1. The molecule has 6 nitrogen and oxygen atoms in total. The number of nitrogens with zero attached hydrogens (tertiary/aromatic N) is 2. The molecule has 0 bridgehead atoms. The van der Waals surface area contributed by atoms with Crippen molar-refractivity contribution in [2.75, 3.05) is 46.5 Å². The van der Waals surface area contributed by atoms with Gasteiger partial charge < -0.3 is 24.1 Å². The Morgan fingerprint density at radius 2 is 2.27 bits per heavy atom. The lowest BCUT2D eigenvalue weighted by Gasteiger charge is -2.25. The third-order valence-electron chi connectivity index (χ3n) is 4.94. The van der Waals surface area contributed by atoms with E-state index in [0.29, 0.717) is 0 Å². The lowest BCUT2D eigenvalue weighted by Crippen LogP contribution is -2.42. The molecule has 0 spiro atoms. The number of nitrogens with one attached hydrogen (secondary N) is 1. The molecule has 6 heteroatoms. The van der Waals surface area contributed by atoms with Gasteiger partial charge in [0.05, 0.1) is 25.5 Å². The van der Waals surface area contributed by atoms with Gasteiger partial charge in [0.25, 0.3) is 0 Å². The molecule has 0 aromatic carbocycles. The zero-order valence-corrected chi connectivity index (χ0v) is 16.0. The molecule has 1 aromatic heterocycles. The van der Waals surface area contributed by atoms with E-state index in [-0.39, 0.29) is 6.10 Å². The van der Waals surface area contributed by atoms with E-state index >= 15 is 0 Å². The second-order valence-electron chi connectivity index (χ2n) is 7.35. The molecule has 1 aliphatic heterocycles. The highest BCUT2D eigenvalue weighted by molar-refractivity contribution is 5.79. The summed E-state index contributed by atoms with van der Waals surface area (Å²) in [7, 11) is 2.07. The normalized spacial score (nSPS) is 21.0. The van der Waals surface area contributed by atoms with Crippen LogP contribution in [0.2, 0.25) is 0 Å². The fraction of sp³-hybridized carbons (Fsp3) is 0.750. The van der Waals surface area contributed by atoms with Gasteiger partial charge in [0.15, 0.2) is 5.96 Å². The van der Waals surface area contributed by atoms with E-state index in [1.165, 1.54) is 25.7 Å². The molecule has 2 aliphatic rings. The number of rotatable bonds is 10. The third kappa shape index (κ3) is 7.00. The first kappa shape index (κ1) is 19.2. The Labute approximate surface area is 156 Å². The predicted molar refractivity (Wildman–Crippen MR) is 102 cm³/mol. The summed E-state index contributed by atoms with van der Waals surface area (Å²) in [5.41, 5.74) is 0. The second-order valence-corrected chi connectivity index (χ2v) is 7.35. The fourth-order valence-corrected chi connectivity index (χ4v) is 3.05. The average molecular weight is 364 g/mol. The van der Waals surface area contributed by atoms with Gasteiger partial charge in [-0.15, -0.1) is 0 Å². The first-order valence-electron chi connectivity index (χ1n) is 10.0. The van der Waals surface area contributed by atoms with Crippen molar-refractivity contribution in [3.8, 4) is 0 Å². The van der Waals surface area contributed by atoms with Crippen LogP contribution < -0.4 is 5.32 Å². The average Bonchev–Trinajstić information content (AvgIpc) is 3.35. The number of ether oxygens (including phenoxy) is 2. The molecule has 146 valence electrons. The maximum Gasteiger partial charge on any atom is 0.193 e. The summed E-state index contributed by atoms with van der Waals surface area (Å²) in [6.45, 7) is 4.87. The molecule has 2 heterocycles. The van der Waals surface area contributed by atoms with Crippen molar-refractivity contribution in [1.82, 2.24) is 10.2 Å². The van der Waals surface area contributed by atoms with Crippen LogP contribution in [0.15, 0.2) is 27.8 Å². The van der Waals surface area contributed by atoms with Crippen LogP contribution in [0.3, 0.4) is 0 Å². The van der Waals surface area contributed by atoms with Gasteiger partial charge in [-0.25, -0.2) is 0 Å². The summed E-state index contributed by atoms with van der Waals surface area (Å²) in [6.07, 6.45) is 9.00. The Hall–Kier alpha value is -1.53. The molecule has 1 unspecified atom stereocenters. The molecule has 26 heavy (non-hydrogen) atoms. The predicted octanol–water partition coefficient (Wildman–Crippen LogP) is 2.70. The first-order valence-corrected chi connectivity index (χ1v) is 10.0. The van der Waals surface area contributed by atoms with Gasteiger partial charge in [0.1, 0.15) is 5.76 Å². The molecule has 0 radical (unpaired) electrons. The largest absolute Gasteiger partial charge is 0.469 e. The van der Waals surface area contributed by atoms with E-state index in [1.54, 1.807) is 6.26 Å². The minimum atomic E-state index is 0.255. The summed E-state index contributed by atoms with van der Waals surface area (Å²) < 4.78 is 17.0. The van der Waals surface area contributed by atoms with E-state index in [2.05, 4.69) is 17.3 Å². The number of furan rings is 1. The van der Waals surface area contributed by atoms with E-state index in [9.17, 15) is 0 Å². The molecule has 0 amide bonds. The molecule has 1 N–H and O–H groups in total. The molecular formula is C20H33N3O3. The van der Waals surface area contributed by atoms with E-state index in [0.717, 1.165) is 69.9 Å². The van der Waals surface area contributed by atoms with Gasteiger partial charge in [0.2, 0.25) is 0 Å². The summed E-state index contributed by atoms with van der Waals surface area (Å²) >= 11 is 0. The third-order valence-corrected chi connectivity index (χ3v) is 4.94. The Bertz CT molecular complexity index is 522. The van der Waals surface area contributed by atoms with Gasteiger partial charge >= 0.3 is 0 Å². The zero-order chi connectivity index (χ0) is 18.0. The summed E-state index contributed by atoms with van der Waals surface area (Å²) in [5.74, 6) is 2.71. The minimum Gasteiger partial charge on any atom is -0.469 e. The van der Waals surface area contributed by atoms with Gasteiger partial charge in [-0.1, -0.05) is 0 Å². The van der Waals surface area contributed by atoms with Gasteiger partial charge in [-0.3, -0.25) is 4.99 Å². The van der Waals surface area contributed by atoms with E-state index in [4.69, 9.17) is 18.9 Å². The molecule has 1 saturated carbocycles. The number of guanidine groups is 1. The van der Waals surface area contributed by atoms with Crippen molar-refractivity contribution in [2.24, 2.45) is 10.9 Å². The van der Waals surface area contributed by atoms with E-state index in [1.807, 2.05) is 12.1 Å². The fourth-order valence-electron chi connectivity index (χ4n) is 3.05. The van der Waals surface area contributed by atoms with Gasteiger partial charge in [-0.2, -0.15) is 0 Å². The topological polar surface area (TPSA) is 59.2 Å². The molecule has 1 aliphatic carbocycles. The SMILES string of the molecule is CN(CCOCC1CC1)C(=NCC1CCCCO1)NCCc1ccco1. The van der Waals surface area contributed by atoms with Crippen molar-refractivity contribution in [3.05, 3.63) is 24.2 Å². The molecule has 3 rings (SSSR count). The Morgan fingerprint density at radius 1 is 1.35 bits per heavy atom. The van der Waals surface area contributed by atoms with Crippen LogP contribution in [0.25, 0.3) is 0 Å². The van der Waals surface area contributed by atoms with Crippen LogP contribution in [0.5, 0.6) is 0 Å². The highest BCUT2D eigenvalue weighted by atomic mass is 16.5. The summed E-state index contributed by atoms with van der Waals surface area (Å²) in [5, 5.41) is 3.46. The Kier molecular flexibility index (Phi) is 7.83. The zero-order valence-electron chi connectivity index (χ0n) is 16.0. The highest BCUT2D eigenvalue weighted by Gasteiger charge is 2.21. The second kappa shape index (κ2) is 10.6. The maximum absolute atomic E-state index is 5.81. The maximum atomic E-state index is 5.81. The van der Waals surface area contributed by atoms with Gasteiger partial charge in [-0.05, 0) is 50.2 Å². The molecule has 1 atom stereocenters. The minimum absolute atomic E-state index is 0.255. The van der Waals surface area contributed by atoms with Crippen LogP contribution in [0.4, 0.5) is 0 Å². The molecule has 1 aromatic rings. The van der Waals surface area contributed by atoms with Crippen LogP contribution in [-0.4, -0.2) is 63.5 Å². The quantitative estimate of drug-likeness (QED) is 0.393. The van der Waals surface area contributed by atoms with Crippen molar-refractivity contribution >= 4 is 5.96 Å². The number of aliphatic imine (C=N–C) groups is 1. The van der Waals surface area contributed by atoms with Crippen LogP contribution >= 0.6 is 0 Å². The van der Waals surface area contributed by atoms with Crippen LogP contribution in [-0.2, 0) is 15.9 Å². The van der Waals surface area contributed by atoms with Gasteiger partial charge in [0, 0.05) is 39.8 Å². The summed E-state index contributed by atoms with van der Waals surface area (Å²) in [6, 6.07) is 3.93. The molecular weight excluding hydrogens is 330 g/mol. The standard InChI is InChI=1S/C20H33N3O3/c1-23(11-14-24-16-17-7-8-17)20(21-10-9-18-6-4-13-25-18)22-15-19-5-2-3-12-26-19/h4,6,13,17,19H,2-3,5,7-12,14-16H2,1H3,(H,21,22). The monoisotopic (exact) mass is 363 g/mol. The van der Waals surface area contributed by atoms with Crippen molar-refractivity contribution < 1.29 is 13.9 Å².